The van der Waals surface area contributed by atoms with Gasteiger partial charge in [-0.25, -0.2) is 9.78 Å². The topological polar surface area (TPSA) is 82.6 Å². The Bertz CT molecular complexity index is 1080. The van der Waals surface area contributed by atoms with Gasteiger partial charge in [0.05, 0.1) is 7.11 Å². The van der Waals surface area contributed by atoms with E-state index in [4.69, 9.17) is 9.72 Å². The molecule has 2 amide bonds. The van der Waals surface area contributed by atoms with Crippen molar-refractivity contribution in [2.75, 3.05) is 56.6 Å². The highest BCUT2D eigenvalue weighted by atomic mass is 32.1. The van der Waals surface area contributed by atoms with Gasteiger partial charge in [-0.15, -0.1) is 0 Å². The van der Waals surface area contributed by atoms with E-state index < -0.39 is 0 Å². The van der Waals surface area contributed by atoms with Gasteiger partial charge in [0.15, 0.2) is 0 Å². The Morgan fingerprint density at radius 2 is 1.94 bits per heavy atom. The van der Waals surface area contributed by atoms with Crippen LogP contribution in [0.15, 0.2) is 48.5 Å². The first-order valence-electron chi connectivity index (χ1n) is 11.7. The van der Waals surface area contributed by atoms with E-state index in [1.807, 2.05) is 42.5 Å². The van der Waals surface area contributed by atoms with Crippen molar-refractivity contribution in [3.05, 3.63) is 65.5 Å². The van der Waals surface area contributed by atoms with Crippen LogP contribution in [0.2, 0.25) is 0 Å². The fourth-order valence-electron chi connectivity index (χ4n) is 4.02. The molecule has 4 rings (SSSR count). The third-order valence-corrected chi connectivity index (χ3v) is 6.77. The lowest BCUT2D eigenvalue weighted by Crippen LogP contribution is -2.48. The Labute approximate surface area is 205 Å². The van der Waals surface area contributed by atoms with Crippen LogP contribution in [0, 0.1) is 0 Å². The Hall–Kier alpha value is -3.17. The van der Waals surface area contributed by atoms with E-state index >= 15 is 0 Å². The summed E-state index contributed by atoms with van der Waals surface area (Å²) in [6.45, 7) is 7.21. The van der Waals surface area contributed by atoms with Crippen LogP contribution in [0.3, 0.4) is 0 Å². The second kappa shape index (κ2) is 11.8. The number of rotatable bonds is 9. The Kier molecular flexibility index (Phi) is 8.32. The van der Waals surface area contributed by atoms with Crippen molar-refractivity contribution in [3.8, 4) is 5.75 Å². The van der Waals surface area contributed by atoms with E-state index in [2.05, 4.69) is 37.8 Å². The maximum absolute atomic E-state index is 12.3. The lowest BCUT2D eigenvalue weighted by molar-refractivity contribution is 0.240. The van der Waals surface area contributed by atoms with Crippen molar-refractivity contribution >= 4 is 28.4 Å². The van der Waals surface area contributed by atoms with Crippen LogP contribution in [0.25, 0.3) is 0 Å². The number of nitrogens with zero attached hydrogens (tertiary/aromatic N) is 4. The summed E-state index contributed by atoms with van der Waals surface area (Å²) in [5.41, 5.74) is 3.15. The van der Waals surface area contributed by atoms with Crippen LogP contribution in [0.4, 0.5) is 15.6 Å². The van der Waals surface area contributed by atoms with E-state index in [9.17, 15) is 4.79 Å². The number of amides is 2. The quantitative estimate of drug-likeness (QED) is 0.487. The van der Waals surface area contributed by atoms with Gasteiger partial charge in [-0.3, -0.25) is 4.90 Å². The zero-order chi connectivity index (χ0) is 23.8. The molecule has 3 aromatic rings. The summed E-state index contributed by atoms with van der Waals surface area (Å²) in [6, 6.07) is 15.8. The first kappa shape index (κ1) is 24.0. The van der Waals surface area contributed by atoms with Crippen LogP contribution >= 0.6 is 11.5 Å². The first-order valence-corrected chi connectivity index (χ1v) is 12.5. The van der Waals surface area contributed by atoms with Gasteiger partial charge in [0, 0.05) is 62.9 Å². The van der Waals surface area contributed by atoms with Crippen LogP contribution in [-0.4, -0.2) is 66.7 Å². The molecule has 2 N–H and O–H groups in total. The van der Waals surface area contributed by atoms with Gasteiger partial charge < -0.3 is 20.3 Å². The highest BCUT2D eigenvalue weighted by molar-refractivity contribution is 7.09. The Balaban J connectivity index is 1.18. The Morgan fingerprint density at radius 3 is 2.74 bits per heavy atom. The average Bonchev–Trinajstić information content (AvgIpc) is 3.33. The molecule has 0 atom stereocenters. The van der Waals surface area contributed by atoms with Crippen molar-refractivity contribution in [2.24, 2.45) is 0 Å². The number of aryl methyl sites for hydroxylation is 1. The molecule has 0 bridgehead atoms. The van der Waals surface area contributed by atoms with Crippen LogP contribution in [0.5, 0.6) is 5.75 Å². The SMILES string of the molecule is CCc1ccccc1NC(=O)NCCN1CCN(c2nc(Cc3cccc(OC)c3)ns2)CC1. The molecule has 9 heteroatoms. The molecule has 0 unspecified atom stereocenters. The molecule has 0 aliphatic carbocycles. The van der Waals surface area contributed by atoms with Gasteiger partial charge in [0.25, 0.3) is 0 Å². The smallest absolute Gasteiger partial charge is 0.319 e. The van der Waals surface area contributed by atoms with E-state index in [0.717, 1.165) is 72.7 Å². The minimum absolute atomic E-state index is 0.156. The van der Waals surface area contributed by atoms with Crippen molar-refractivity contribution < 1.29 is 9.53 Å². The second-order valence-corrected chi connectivity index (χ2v) is 8.97. The number of nitrogens with one attached hydrogen (secondary N) is 2. The lowest BCUT2D eigenvalue weighted by atomic mass is 10.1. The van der Waals surface area contributed by atoms with Gasteiger partial charge in [-0.05, 0) is 35.7 Å². The monoisotopic (exact) mass is 480 g/mol. The molecule has 8 nitrogen and oxygen atoms in total. The maximum atomic E-state index is 12.3. The highest BCUT2D eigenvalue weighted by Gasteiger charge is 2.20. The largest absolute Gasteiger partial charge is 0.497 e. The number of carbonyl (C=O) groups excluding carboxylic acids is 1. The zero-order valence-electron chi connectivity index (χ0n) is 19.8. The second-order valence-electron chi connectivity index (χ2n) is 8.24. The van der Waals surface area contributed by atoms with Crippen LogP contribution in [-0.2, 0) is 12.8 Å². The minimum Gasteiger partial charge on any atom is -0.497 e. The van der Waals surface area contributed by atoms with Gasteiger partial charge >= 0.3 is 6.03 Å². The predicted octanol–water partition coefficient (Wildman–Crippen LogP) is 3.64. The number of carbonyl (C=O) groups is 1. The van der Waals surface area contributed by atoms with E-state index in [1.165, 1.54) is 11.5 Å². The third kappa shape index (κ3) is 6.45. The molecule has 180 valence electrons. The molecule has 0 saturated carbocycles. The van der Waals surface area contributed by atoms with Crippen molar-refractivity contribution in [2.45, 2.75) is 19.8 Å². The van der Waals surface area contributed by atoms with Gasteiger partial charge in [-0.1, -0.05) is 37.3 Å². The van der Waals surface area contributed by atoms with E-state index in [-0.39, 0.29) is 6.03 Å². The van der Waals surface area contributed by atoms with E-state index in [0.29, 0.717) is 13.0 Å². The number of para-hydroxylation sites is 1. The summed E-state index contributed by atoms with van der Waals surface area (Å²) in [4.78, 5) is 21.7. The molecule has 2 heterocycles. The van der Waals surface area contributed by atoms with Crippen LogP contribution in [0.1, 0.15) is 23.9 Å². The summed E-state index contributed by atoms with van der Waals surface area (Å²) in [7, 11) is 1.68. The highest BCUT2D eigenvalue weighted by Crippen LogP contribution is 2.21. The van der Waals surface area contributed by atoms with Crippen molar-refractivity contribution in [3.63, 3.8) is 0 Å². The number of ether oxygens (including phenoxy) is 1. The molecular formula is C25H32N6O2S. The van der Waals surface area contributed by atoms with Crippen LogP contribution < -0.4 is 20.3 Å². The number of benzene rings is 2. The summed E-state index contributed by atoms with van der Waals surface area (Å²) in [5.74, 6) is 1.69. The predicted molar refractivity (Wildman–Crippen MR) is 137 cm³/mol. The van der Waals surface area contributed by atoms with Crippen molar-refractivity contribution in [1.29, 1.82) is 0 Å². The van der Waals surface area contributed by atoms with Gasteiger partial charge in [0.2, 0.25) is 5.13 Å². The number of piperazine rings is 1. The molecule has 0 spiro atoms. The summed E-state index contributed by atoms with van der Waals surface area (Å²) >= 11 is 1.46. The molecule has 1 aliphatic heterocycles. The molecule has 34 heavy (non-hydrogen) atoms. The standard InChI is InChI=1S/C25H32N6O2S/c1-3-20-8-4-5-10-22(20)27-24(32)26-11-12-30-13-15-31(16-14-30)25-28-23(29-34-25)18-19-7-6-9-21(17-19)33-2/h4-10,17H,3,11-16,18H2,1-2H3,(H2,26,27,32). The molecule has 1 aliphatic rings. The average molecular weight is 481 g/mol. The maximum Gasteiger partial charge on any atom is 0.319 e. The molecule has 1 aromatic heterocycles. The molecule has 0 radical (unpaired) electrons. The van der Waals surface area contributed by atoms with Gasteiger partial charge in [-0.2, -0.15) is 4.37 Å². The van der Waals surface area contributed by atoms with Gasteiger partial charge in [0.1, 0.15) is 11.6 Å². The number of aromatic nitrogens is 2. The molecule has 1 saturated heterocycles. The molecule has 2 aromatic carbocycles. The fourth-order valence-corrected chi connectivity index (χ4v) is 4.75. The number of urea groups is 1. The lowest BCUT2D eigenvalue weighted by Gasteiger charge is -2.34. The third-order valence-electron chi connectivity index (χ3n) is 5.96. The fraction of sp³-hybridized carbons (Fsp3) is 0.400. The summed E-state index contributed by atoms with van der Waals surface area (Å²) < 4.78 is 9.86. The minimum atomic E-state index is -0.156. The summed E-state index contributed by atoms with van der Waals surface area (Å²) in [6.07, 6.45) is 1.59. The van der Waals surface area contributed by atoms with Crippen molar-refractivity contribution in [1.82, 2.24) is 19.6 Å². The normalized spacial score (nSPS) is 14.1. The van der Waals surface area contributed by atoms with E-state index in [1.54, 1.807) is 7.11 Å². The number of methoxy groups -OCH3 is 1. The first-order chi connectivity index (χ1) is 16.6. The number of anilines is 2. The molecular weight excluding hydrogens is 448 g/mol. The zero-order valence-corrected chi connectivity index (χ0v) is 20.6. The Morgan fingerprint density at radius 1 is 1.12 bits per heavy atom. The number of hydrogen-bond donors (Lipinski definition) is 2. The summed E-state index contributed by atoms with van der Waals surface area (Å²) in [5, 5.41) is 6.91. The number of hydrogen-bond acceptors (Lipinski definition) is 7. The molecule has 1 fully saturated rings.